The summed E-state index contributed by atoms with van der Waals surface area (Å²) in [5.41, 5.74) is 2.41. The van der Waals surface area contributed by atoms with Crippen LogP contribution in [0.5, 0.6) is 0 Å². The van der Waals surface area contributed by atoms with Crippen LogP contribution in [-0.2, 0) is 11.2 Å². The molecule has 1 N–H and O–H groups in total. The predicted octanol–water partition coefficient (Wildman–Crippen LogP) is 4.94. The van der Waals surface area contributed by atoms with Gasteiger partial charge in [0, 0.05) is 18.7 Å². The summed E-state index contributed by atoms with van der Waals surface area (Å²) in [7, 11) is 0. The van der Waals surface area contributed by atoms with Gasteiger partial charge in [0.1, 0.15) is 0 Å². The van der Waals surface area contributed by atoms with E-state index < -0.39 is 5.54 Å². The summed E-state index contributed by atoms with van der Waals surface area (Å²) < 4.78 is 0. The van der Waals surface area contributed by atoms with Gasteiger partial charge in [-0.15, -0.1) is 0 Å². The van der Waals surface area contributed by atoms with Gasteiger partial charge in [0.05, 0.1) is 11.5 Å². The molecule has 1 fully saturated rings. The van der Waals surface area contributed by atoms with Crippen molar-refractivity contribution in [2.45, 2.75) is 63.8 Å². The van der Waals surface area contributed by atoms with Gasteiger partial charge < -0.3 is 10.2 Å². The quantitative estimate of drug-likeness (QED) is 0.722. The lowest BCUT2D eigenvalue weighted by Gasteiger charge is -2.54. The van der Waals surface area contributed by atoms with Crippen LogP contribution in [0.25, 0.3) is 0 Å². The van der Waals surface area contributed by atoms with Gasteiger partial charge in [0.15, 0.2) is 0 Å². The molecular formula is C27H34N2O2. The van der Waals surface area contributed by atoms with Crippen molar-refractivity contribution in [1.82, 2.24) is 10.2 Å². The first-order valence-electron chi connectivity index (χ1n) is 11.8. The van der Waals surface area contributed by atoms with E-state index in [1.807, 2.05) is 42.5 Å². The highest BCUT2D eigenvalue weighted by Crippen LogP contribution is 2.49. The molecule has 164 valence electrons. The summed E-state index contributed by atoms with van der Waals surface area (Å²) in [6.45, 7) is 5.61. The van der Waals surface area contributed by atoms with Crippen molar-refractivity contribution < 1.29 is 9.59 Å². The number of nitrogens with zero attached hydrogens (tertiary/aromatic N) is 1. The Morgan fingerprint density at radius 3 is 2.42 bits per heavy atom. The molecule has 1 aliphatic heterocycles. The minimum absolute atomic E-state index is 0.0616. The zero-order chi connectivity index (χ0) is 21.8. The Hall–Kier alpha value is -2.62. The minimum atomic E-state index is -0.412. The van der Waals surface area contributed by atoms with Crippen molar-refractivity contribution in [1.29, 1.82) is 0 Å². The number of nitrogens with one attached hydrogen (secondary N) is 1. The number of benzene rings is 2. The Bertz CT molecular complexity index is 916. The van der Waals surface area contributed by atoms with Crippen LogP contribution in [0.4, 0.5) is 0 Å². The van der Waals surface area contributed by atoms with Gasteiger partial charge in [-0.1, -0.05) is 81.6 Å². The molecule has 1 atom stereocenters. The van der Waals surface area contributed by atoms with Crippen LogP contribution in [0.1, 0.15) is 73.4 Å². The smallest absolute Gasteiger partial charge is 0.254 e. The van der Waals surface area contributed by atoms with Crippen molar-refractivity contribution in [3.8, 4) is 0 Å². The van der Waals surface area contributed by atoms with Gasteiger partial charge in [0.25, 0.3) is 5.91 Å². The molecule has 0 radical (unpaired) electrons. The number of amides is 2. The maximum Gasteiger partial charge on any atom is 0.254 e. The lowest BCUT2D eigenvalue weighted by molar-refractivity contribution is -0.127. The highest BCUT2D eigenvalue weighted by Gasteiger charge is 2.54. The molecule has 1 saturated carbocycles. The molecule has 2 aliphatic rings. The zero-order valence-corrected chi connectivity index (χ0v) is 18.8. The molecule has 0 saturated heterocycles. The third-order valence-electron chi connectivity index (χ3n) is 6.91. The van der Waals surface area contributed by atoms with Crippen LogP contribution < -0.4 is 5.32 Å². The number of rotatable bonds is 6. The van der Waals surface area contributed by atoms with Gasteiger partial charge in [0.2, 0.25) is 5.91 Å². The molecule has 2 aromatic rings. The molecular weight excluding hydrogens is 384 g/mol. The van der Waals surface area contributed by atoms with E-state index in [-0.39, 0.29) is 17.7 Å². The molecule has 1 spiro atoms. The average molecular weight is 419 g/mol. The first-order valence-corrected chi connectivity index (χ1v) is 11.8. The molecule has 4 nitrogen and oxygen atoms in total. The van der Waals surface area contributed by atoms with Crippen LogP contribution in [0.2, 0.25) is 0 Å². The molecule has 4 rings (SSSR count). The fourth-order valence-electron chi connectivity index (χ4n) is 5.55. The molecule has 2 amide bonds. The number of fused-ring (bicyclic) bond motifs is 1. The van der Waals surface area contributed by atoms with Crippen molar-refractivity contribution >= 4 is 11.8 Å². The van der Waals surface area contributed by atoms with Gasteiger partial charge in [-0.3, -0.25) is 9.59 Å². The molecule has 0 unspecified atom stereocenters. The Morgan fingerprint density at radius 1 is 1.03 bits per heavy atom. The van der Waals surface area contributed by atoms with E-state index in [1.54, 1.807) is 0 Å². The minimum Gasteiger partial charge on any atom is -0.355 e. The van der Waals surface area contributed by atoms with E-state index in [2.05, 4.69) is 36.2 Å². The van der Waals surface area contributed by atoms with Crippen molar-refractivity contribution in [3.05, 3.63) is 71.3 Å². The Kier molecular flexibility index (Phi) is 6.45. The number of hydrogen-bond acceptors (Lipinski definition) is 2. The standard InChI is InChI=1S/C27H34N2O2/c1-20(2)19-29-26(31)23-14-8-7-13-22(23)24(27(29)16-9-4-10-17-27)25(30)28-18-15-21-11-5-3-6-12-21/h3,5-8,11-14,20,24H,4,9-10,15-19H2,1-2H3,(H,28,30)/t24-/m1/s1. The maximum absolute atomic E-state index is 13.7. The van der Waals surface area contributed by atoms with Gasteiger partial charge in [-0.25, -0.2) is 0 Å². The average Bonchev–Trinajstić information content (AvgIpc) is 2.78. The monoisotopic (exact) mass is 418 g/mol. The molecule has 0 aromatic heterocycles. The summed E-state index contributed by atoms with van der Waals surface area (Å²) in [5, 5.41) is 3.23. The largest absolute Gasteiger partial charge is 0.355 e. The SMILES string of the molecule is CC(C)CN1C(=O)c2ccccc2[C@H](C(=O)NCCc2ccccc2)C12CCCCC2. The Morgan fingerprint density at radius 2 is 1.71 bits per heavy atom. The summed E-state index contributed by atoms with van der Waals surface area (Å²) in [6, 6.07) is 18.0. The van der Waals surface area contributed by atoms with Gasteiger partial charge in [-0.2, -0.15) is 0 Å². The van der Waals surface area contributed by atoms with Crippen molar-refractivity contribution in [2.24, 2.45) is 5.92 Å². The van der Waals surface area contributed by atoms with Gasteiger partial charge in [-0.05, 0) is 42.4 Å². The number of carbonyl (C=O) groups excluding carboxylic acids is 2. The number of carbonyl (C=O) groups is 2. The van der Waals surface area contributed by atoms with E-state index in [9.17, 15) is 9.59 Å². The normalized spacial score (nSPS) is 20.0. The van der Waals surface area contributed by atoms with Crippen LogP contribution in [0.3, 0.4) is 0 Å². The summed E-state index contributed by atoms with van der Waals surface area (Å²) in [5.74, 6) is 0.206. The lowest BCUT2D eigenvalue weighted by Crippen LogP contribution is -2.63. The topological polar surface area (TPSA) is 49.4 Å². The van der Waals surface area contributed by atoms with Crippen LogP contribution in [-0.4, -0.2) is 35.3 Å². The lowest BCUT2D eigenvalue weighted by atomic mass is 9.65. The second kappa shape index (κ2) is 9.25. The first kappa shape index (κ1) is 21.6. The highest BCUT2D eigenvalue weighted by atomic mass is 16.2. The van der Waals surface area contributed by atoms with Crippen molar-refractivity contribution in [2.75, 3.05) is 13.1 Å². The third kappa shape index (κ3) is 4.26. The van der Waals surface area contributed by atoms with E-state index in [1.165, 1.54) is 12.0 Å². The predicted molar refractivity (Wildman–Crippen MR) is 124 cm³/mol. The second-order valence-electron chi connectivity index (χ2n) is 9.52. The highest BCUT2D eigenvalue weighted by molar-refractivity contribution is 6.02. The molecule has 2 aromatic carbocycles. The van der Waals surface area contributed by atoms with E-state index in [0.717, 1.165) is 37.7 Å². The zero-order valence-electron chi connectivity index (χ0n) is 18.8. The molecule has 31 heavy (non-hydrogen) atoms. The third-order valence-corrected chi connectivity index (χ3v) is 6.91. The van der Waals surface area contributed by atoms with Crippen molar-refractivity contribution in [3.63, 3.8) is 0 Å². The maximum atomic E-state index is 13.7. The van der Waals surface area contributed by atoms with Crippen LogP contribution in [0.15, 0.2) is 54.6 Å². The first-order chi connectivity index (χ1) is 15.0. The van der Waals surface area contributed by atoms with E-state index in [4.69, 9.17) is 0 Å². The molecule has 0 bridgehead atoms. The number of hydrogen-bond donors (Lipinski definition) is 1. The van der Waals surface area contributed by atoms with Gasteiger partial charge >= 0.3 is 0 Å². The Balaban J connectivity index is 1.67. The van der Waals surface area contributed by atoms with E-state index in [0.29, 0.717) is 24.6 Å². The fourth-order valence-corrected chi connectivity index (χ4v) is 5.55. The van der Waals surface area contributed by atoms with Crippen LogP contribution in [0, 0.1) is 5.92 Å². The molecule has 1 aliphatic carbocycles. The van der Waals surface area contributed by atoms with E-state index >= 15 is 0 Å². The molecule has 1 heterocycles. The second-order valence-corrected chi connectivity index (χ2v) is 9.52. The summed E-state index contributed by atoms with van der Waals surface area (Å²) >= 11 is 0. The van der Waals surface area contributed by atoms with Crippen LogP contribution >= 0.6 is 0 Å². The fraction of sp³-hybridized carbons (Fsp3) is 0.481. The summed E-state index contributed by atoms with van der Waals surface area (Å²) in [4.78, 5) is 29.4. The molecule has 4 heteroatoms. The Labute approximate surface area is 186 Å². The summed E-state index contributed by atoms with van der Waals surface area (Å²) in [6.07, 6.45) is 5.92.